The number of rotatable bonds is 8. The van der Waals surface area contributed by atoms with Crippen LogP contribution in [-0.4, -0.2) is 46.4 Å². The normalized spacial score (nSPS) is 15.3. The van der Waals surface area contributed by atoms with Gasteiger partial charge in [-0.25, -0.2) is 4.98 Å². The second kappa shape index (κ2) is 10.4. The average Bonchev–Trinajstić information content (AvgIpc) is 3.56. The molecule has 1 aliphatic rings. The van der Waals surface area contributed by atoms with Crippen LogP contribution in [-0.2, 0) is 29.2 Å². The maximum Gasteiger partial charge on any atom is 0.261 e. The van der Waals surface area contributed by atoms with E-state index in [1.807, 2.05) is 49.0 Å². The van der Waals surface area contributed by atoms with E-state index in [0.717, 1.165) is 16.9 Å². The largest absolute Gasteiger partial charge is 0.461 e. The number of thiazole rings is 1. The van der Waals surface area contributed by atoms with Crippen molar-refractivity contribution >= 4 is 45.5 Å². The van der Waals surface area contributed by atoms with Crippen molar-refractivity contribution in [3.63, 3.8) is 0 Å². The molecule has 0 unspecified atom stereocenters. The lowest BCUT2D eigenvalue weighted by Crippen LogP contribution is -2.47. The number of hydrogen-bond acceptors (Lipinski definition) is 7. The van der Waals surface area contributed by atoms with Crippen LogP contribution in [0, 0.1) is 12.3 Å². The van der Waals surface area contributed by atoms with Crippen LogP contribution in [0.5, 0.6) is 0 Å². The highest BCUT2D eigenvalue weighted by Gasteiger charge is 2.45. The summed E-state index contributed by atoms with van der Waals surface area (Å²) < 4.78 is 7.31. The highest BCUT2D eigenvalue weighted by Crippen LogP contribution is 2.39. The van der Waals surface area contributed by atoms with Crippen LogP contribution in [0.3, 0.4) is 0 Å². The van der Waals surface area contributed by atoms with Crippen LogP contribution in [0.25, 0.3) is 11.0 Å². The standard InChI is InChI=1S/C29H33N5O4S/c1-6-34-23-8-7-20(14-24(23)31(5)27(36)29(3,4)28(34)37)15-32(16-21-17-39-18-30-21)11-12-33-10-9-25-22(26(33)35)13-19(2)38-25/h7-10,13-14,17-18H,6,11-12,15-16H2,1-5H3. The van der Waals surface area contributed by atoms with Gasteiger partial charge >= 0.3 is 0 Å². The van der Waals surface area contributed by atoms with Crippen molar-refractivity contribution in [3.8, 4) is 0 Å². The Labute approximate surface area is 231 Å². The van der Waals surface area contributed by atoms with Crippen LogP contribution in [0.2, 0.25) is 0 Å². The number of carbonyl (C=O) groups excluding carboxylic acids is 2. The number of amides is 2. The van der Waals surface area contributed by atoms with Crippen LogP contribution < -0.4 is 15.4 Å². The van der Waals surface area contributed by atoms with Crippen LogP contribution in [0.1, 0.15) is 37.8 Å². The molecule has 4 aromatic rings. The van der Waals surface area contributed by atoms with Gasteiger partial charge in [0.25, 0.3) is 5.56 Å². The molecule has 0 aliphatic carbocycles. The zero-order valence-electron chi connectivity index (χ0n) is 22.9. The van der Waals surface area contributed by atoms with Gasteiger partial charge in [0.1, 0.15) is 16.8 Å². The van der Waals surface area contributed by atoms with E-state index in [2.05, 4.69) is 9.88 Å². The molecular formula is C29H33N5O4S. The maximum absolute atomic E-state index is 13.3. The third-order valence-corrected chi connectivity index (χ3v) is 7.98. The Morgan fingerprint density at radius 1 is 1.05 bits per heavy atom. The lowest BCUT2D eigenvalue weighted by Gasteiger charge is -2.27. The molecule has 3 aromatic heterocycles. The van der Waals surface area contributed by atoms with E-state index in [9.17, 15) is 14.4 Å². The first-order valence-electron chi connectivity index (χ1n) is 13.0. The monoisotopic (exact) mass is 547 g/mol. The SMILES string of the molecule is CCN1C(=O)C(C)(C)C(=O)N(C)c2cc(CN(CCn3ccc4oc(C)cc4c3=O)Cc3cscn3)ccc21. The van der Waals surface area contributed by atoms with Crippen molar-refractivity contribution < 1.29 is 14.0 Å². The summed E-state index contributed by atoms with van der Waals surface area (Å²) in [5, 5.41) is 2.60. The number of fused-ring (bicyclic) bond motifs is 2. The van der Waals surface area contributed by atoms with Crippen LogP contribution >= 0.6 is 11.3 Å². The fourth-order valence-electron chi connectivity index (χ4n) is 5.19. The van der Waals surface area contributed by atoms with Gasteiger partial charge in [-0.05, 0) is 57.5 Å². The van der Waals surface area contributed by atoms with Crippen molar-refractivity contribution in [1.82, 2.24) is 14.5 Å². The van der Waals surface area contributed by atoms with Gasteiger partial charge in [0.05, 0.1) is 28.0 Å². The number of nitrogens with zero attached hydrogens (tertiary/aromatic N) is 5. The highest BCUT2D eigenvalue weighted by molar-refractivity contribution is 7.07. The first kappa shape index (κ1) is 26.8. The Bertz CT molecular complexity index is 1590. The molecular weight excluding hydrogens is 514 g/mol. The minimum atomic E-state index is -1.15. The predicted molar refractivity (Wildman–Crippen MR) is 153 cm³/mol. The van der Waals surface area contributed by atoms with Gasteiger partial charge < -0.3 is 18.8 Å². The molecule has 4 heterocycles. The number of aryl methyl sites for hydroxylation is 1. The summed E-state index contributed by atoms with van der Waals surface area (Å²) in [6.45, 7) is 9.90. The van der Waals surface area contributed by atoms with Crippen LogP contribution in [0.15, 0.2) is 56.6 Å². The van der Waals surface area contributed by atoms with Gasteiger partial charge in [-0.1, -0.05) is 6.07 Å². The Balaban J connectivity index is 1.43. The maximum atomic E-state index is 13.3. The summed E-state index contributed by atoms with van der Waals surface area (Å²) in [7, 11) is 1.73. The number of furan rings is 1. The summed E-state index contributed by atoms with van der Waals surface area (Å²) in [5.74, 6) is 0.280. The molecule has 0 fully saturated rings. The molecule has 9 nitrogen and oxygen atoms in total. The lowest BCUT2D eigenvalue weighted by molar-refractivity contribution is -0.137. The molecule has 10 heteroatoms. The van der Waals surface area contributed by atoms with Crippen LogP contribution in [0.4, 0.5) is 11.4 Å². The number of carbonyl (C=O) groups is 2. The van der Waals surface area contributed by atoms with Gasteiger partial charge in [0.2, 0.25) is 11.8 Å². The zero-order valence-corrected chi connectivity index (χ0v) is 23.7. The van der Waals surface area contributed by atoms with Gasteiger partial charge in [-0.3, -0.25) is 19.3 Å². The van der Waals surface area contributed by atoms with E-state index in [0.29, 0.717) is 55.1 Å². The summed E-state index contributed by atoms with van der Waals surface area (Å²) in [5.41, 5.74) is 4.59. The second-order valence-corrected chi connectivity index (χ2v) is 11.2. The van der Waals surface area contributed by atoms with Crippen molar-refractivity contribution in [3.05, 3.63) is 74.8 Å². The van der Waals surface area contributed by atoms with E-state index in [1.54, 1.807) is 58.9 Å². The third-order valence-electron chi connectivity index (χ3n) is 7.34. The Morgan fingerprint density at radius 3 is 2.56 bits per heavy atom. The third kappa shape index (κ3) is 5.02. The van der Waals surface area contributed by atoms with Gasteiger partial charge in [0, 0.05) is 51.3 Å². The average molecular weight is 548 g/mol. The number of anilines is 2. The fraction of sp³-hybridized carbons (Fsp3) is 0.379. The summed E-state index contributed by atoms with van der Waals surface area (Å²) in [6.07, 6.45) is 1.77. The van der Waals surface area contributed by atoms with E-state index >= 15 is 0 Å². The number of benzene rings is 1. The zero-order chi connectivity index (χ0) is 27.9. The Morgan fingerprint density at radius 2 is 1.85 bits per heavy atom. The van der Waals surface area contributed by atoms with Gasteiger partial charge in [-0.15, -0.1) is 11.3 Å². The summed E-state index contributed by atoms with van der Waals surface area (Å²) in [4.78, 5) is 49.5. The minimum absolute atomic E-state index is 0.0740. The molecule has 1 aliphatic heterocycles. The molecule has 204 valence electrons. The van der Waals surface area contributed by atoms with Crippen molar-refractivity contribution in [1.29, 1.82) is 0 Å². The molecule has 0 spiro atoms. The number of hydrogen-bond donors (Lipinski definition) is 0. The van der Waals surface area contributed by atoms with Crippen molar-refractivity contribution in [2.75, 3.05) is 29.9 Å². The quantitative estimate of drug-likeness (QED) is 0.303. The van der Waals surface area contributed by atoms with E-state index in [1.165, 1.54) is 0 Å². The summed E-state index contributed by atoms with van der Waals surface area (Å²) in [6, 6.07) is 9.53. The molecule has 0 saturated heterocycles. The lowest BCUT2D eigenvalue weighted by atomic mass is 9.90. The van der Waals surface area contributed by atoms with E-state index in [4.69, 9.17) is 4.42 Å². The molecule has 0 radical (unpaired) electrons. The highest BCUT2D eigenvalue weighted by atomic mass is 32.1. The predicted octanol–water partition coefficient (Wildman–Crippen LogP) is 4.42. The number of pyridine rings is 1. The second-order valence-electron chi connectivity index (χ2n) is 10.5. The first-order chi connectivity index (χ1) is 18.6. The smallest absolute Gasteiger partial charge is 0.261 e. The topological polar surface area (TPSA) is 91.9 Å². The molecule has 2 amide bonds. The van der Waals surface area contributed by atoms with Gasteiger partial charge in [0.15, 0.2) is 0 Å². The first-order valence-corrected chi connectivity index (χ1v) is 14.0. The summed E-state index contributed by atoms with van der Waals surface area (Å²) >= 11 is 1.55. The molecule has 0 atom stereocenters. The molecule has 0 bridgehead atoms. The molecule has 39 heavy (non-hydrogen) atoms. The Hall–Kier alpha value is -3.76. The molecule has 5 rings (SSSR count). The number of aromatic nitrogens is 2. The van der Waals surface area contributed by atoms with Gasteiger partial charge in [-0.2, -0.15) is 0 Å². The van der Waals surface area contributed by atoms with E-state index < -0.39 is 5.41 Å². The molecule has 1 aromatic carbocycles. The van der Waals surface area contributed by atoms with E-state index in [-0.39, 0.29) is 17.4 Å². The molecule has 0 N–H and O–H groups in total. The molecule has 0 saturated carbocycles. The Kier molecular flexibility index (Phi) is 7.17. The van der Waals surface area contributed by atoms with Crippen molar-refractivity contribution in [2.24, 2.45) is 5.41 Å². The minimum Gasteiger partial charge on any atom is -0.461 e. The fourth-order valence-corrected chi connectivity index (χ4v) is 5.74. The van der Waals surface area contributed by atoms with Crippen molar-refractivity contribution in [2.45, 2.75) is 47.3 Å².